The second-order valence-corrected chi connectivity index (χ2v) is 3.42. The van der Waals surface area contributed by atoms with Crippen molar-refractivity contribution < 1.29 is 5.11 Å². The lowest BCUT2D eigenvalue weighted by Crippen LogP contribution is -2.23. The Labute approximate surface area is 57.1 Å². The molecule has 0 aromatic rings. The lowest BCUT2D eigenvalue weighted by molar-refractivity contribution is 0.0807. The molecule has 54 valence electrons. The smallest absolute Gasteiger partial charge is 0.0543 e. The first-order valence-corrected chi connectivity index (χ1v) is 3.88. The fourth-order valence-corrected chi connectivity index (χ4v) is 1.52. The molecule has 0 saturated heterocycles. The highest BCUT2D eigenvalue weighted by molar-refractivity contribution is 4.73. The van der Waals surface area contributed by atoms with Crippen molar-refractivity contribution in [1.29, 1.82) is 0 Å². The van der Waals surface area contributed by atoms with E-state index in [1.807, 2.05) is 0 Å². The Morgan fingerprint density at radius 1 is 1.11 bits per heavy atom. The monoisotopic (exact) mass is 128 g/mol. The minimum absolute atomic E-state index is 0.00352. The summed E-state index contributed by atoms with van der Waals surface area (Å²) < 4.78 is 0. The molecule has 0 radical (unpaired) electrons. The summed E-state index contributed by atoms with van der Waals surface area (Å²) in [6.45, 7) is 4.50. The number of aliphatic hydroxyl groups excluding tert-OH is 1. The van der Waals surface area contributed by atoms with Gasteiger partial charge in [-0.15, -0.1) is 0 Å². The van der Waals surface area contributed by atoms with Gasteiger partial charge in [0.25, 0.3) is 0 Å². The van der Waals surface area contributed by atoms with E-state index >= 15 is 0 Å². The van der Waals surface area contributed by atoms with Gasteiger partial charge in [0.15, 0.2) is 0 Å². The van der Waals surface area contributed by atoms with Gasteiger partial charge < -0.3 is 5.11 Å². The molecule has 9 heavy (non-hydrogen) atoms. The first-order valence-electron chi connectivity index (χ1n) is 3.88. The summed E-state index contributed by atoms with van der Waals surface area (Å²) >= 11 is 0. The summed E-state index contributed by atoms with van der Waals surface area (Å²) in [6.07, 6.45) is 3.24. The fraction of sp³-hybridized carbons (Fsp3) is 1.00. The molecule has 1 N–H and O–H groups in total. The molecule has 1 fully saturated rings. The van der Waals surface area contributed by atoms with E-state index in [9.17, 15) is 5.11 Å². The normalized spacial score (nSPS) is 45.0. The predicted octanol–water partition coefficient (Wildman–Crippen LogP) is 1.80. The van der Waals surface area contributed by atoms with Crippen LogP contribution in [0.5, 0.6) is 0 Å². The molecule has 1 aliphatic carbocycles. The molecule has 0 bridgehead atoms. The van der Waals surface area contributed by atoms with Crippen LogP contribution >= 0.6 is 0 Å². The SMILES string of the molecule is C[C@@H]1C[C@@H](O)CC[C@@H]1C. The van der Waals surface area contributed by atoms with Crippen molar-refractivity contribution in [3.63, 3.8) is 0 Å². The first kappa shape index (κ1) is 7.07. The maximum atomic E-state index is 9.20. The zero-order valence-corrected chi connectivity index (χ0v) is 6.30. The van der Waals surface area contributed by atoms with Gasteiger partial charge in [-0.3, -0.25) is 0 Å². The molecule has 0 spiro atoms. The van der Waals surface area contributed by atoms with E-state index in [4.69, 9.17) is 0 Å². The molecule has 1 rings (SSSR count). The standard InChI is InChI=1S/C8H16O/c1-6-3-4-8(9)5-7(6)2/h6-9H,3-5H2,1-2H3/t6-,7+,8-/m0/s1. The van der Waals surface area contributed by atoms with Crippen LogP contribution in [0.15, 0.2) is 0 Å². The van der Waals surface area contributed by atoms with Crippen molar-refractivity contribution in [2.75, 3.05) is 0 Å². The van der Waals surface area contributed by atoms with E-state index < -0.39 is 0 Å². The third-order valence-corrected chi connectivity index (χ3v) is 2.57. The fourth-order valence-electron chi connectivity index (χ4n) is 1.52. The molecule has 3 atom stereocenters. The van der Waals surface area contributed by atoms with Crippen molar-refractivity contribution in [3.8, 4) is 0 Å². The molecule has 0 heterocycles. The van der Waals surface area contributed by atoms with Crippen molar-refractivity contribution >= 4 is 0 Å². The largest absolute Gasteiger partial charge is 0.393 e. The third kappa shape index (κ3) is 1.68. The van der Waals surface area contributed by atoms with Crippen LogP contribution in [-0.4, -0.2) is 11.2 Å². The van der Waals surface area contributed by atoms with Crippen LogP contribution in [-0.2, 0) is 0 Å². The average Bonchev–Trinajstić information content (AvgIpc) is 1.80. The molecule has 0 aliphatic heterocycles. The zero-order chi connectivity index (χ0) is 6.85. The molecule has 1 nitrogen and oxygen atoms in total. The van der Waals surface area contributed by atoms with Gasteiger partial charge in [-0.1, -0.05) is 13.8 Å². The van der Waals surface area contributed by atoms with E-state index in [2.05, 4.69) is 13.8 Å². The van der Waals surface area contributed by atoms with Crippen LogP contribution < -0.4 is 0 Å². The molecular formula is C8H16O. The van der Waals surface area contributed by atoms with Crippen molar-refractivity contribution in [2.45, 2.75) is 39.2 Å². The summed E-state index contributed by atoms with van der Waals surface area (Å²) in [5.41, 5.74) is 0. The Morgan fingerprint density at radius 3 is 2.22 bits per heavy atom. The van der Waals surface area contributed by atoms with Gasteiger partial charge in [0.1, 0.15) is 0 Å². The maximum Gasteiger partial charge on any atom is 0.0543 e. The second-order valence-electron chi connectivity index (χ2n) is 3.42. The molecule has 1 saturated carbocycles. The van der Waals surface area contributed by atoms with Gasteiger partial charge in [0, 0.05) is 0 Å². The van der Waals surface area contributed by atoms with Crippen LogP contribution in [0.3, 0.4) is 0 Å². The summed E-state index contributed by atoms with van der Waals surface area (Å²) in [6, 6.07) is 0. The second kappa shape index (κ2) is 2.70. The molecule has 0 aromatic carbocycles. The minimum atomic E-state index is -0.00352. The number of rotatable bonds is 0. The quantitative estimate of drug-likeness (QED) is 0.527. The Hall–Kier alpha value is -0.0400. The van der Waals surface area contributed by atoms with Crippen LogP contribution in [0.2, 0.25) is 0 Å². The molecule has 0 amide bonds. The third-order valence-electron chi connectivity index (χ3n) is 2.57. The van der Waals surface area contributed by atoms with E-state index in [0.29, 0.717) is 0 Å². The predicted molar refractivity (Wildman–Crippen MR) is 38.2 cm³/mol. The van der Waals surface area contributed by atoms with Crippen LogP contribution in [0, 0.1) is 11.8 Å². The summed E-state index contributed by atoms with van der Waals surface area (Å²) in [4.78, 5) is 0. The summed E-state index contributed by atoms with van der Waals surface area (Å²) in [5.74, 6) is 1.56. The van der Waals surface area contributed by atoms with Gasteiger partial charge in [-0.25, -0.2) is 0 Å². The van der Waals surface area contributed by atoms with Gasteiger partial charge in [-0.2, -0.15) is 0 Å². The Bertz CT molecular complexity index is 90.6. The number of hydrogen-bond donors (Lipinski definition) is 1. The maximum absolute atomic E-state index is 9.20. The number of hydrogen-bond acceptors (Lipinski definition) is 1. The summed E-state index contributed by atoms with van der Waals surface area (Å²) in [5, 5.41) is 9.20. The first-order chi connectivity index (χ1) is 4.20. The molecule has 0 aromatic heterocycles. The van der Waals surface area contributed by atoms with E-state index in [1.165, 1.54) is 6.42 Å². The minimum Gasteiger partial charge on any atom is -0.393 e. The van der Waals surface area contributed by atoms with Crippen molar-refractivity contribution in [3.05, 3.63) is 0 Å². The van der Waals surface area contributed by atoms with Gasteiger partial charge in [-0.05, 0) is 31.1 Å². The molecule has 0 unspecified atom stereocenters. The van der Waals surface area contributed by atoms with Crippen molar-refractivity contribution in [2.24, 2.45) is 11.8 Å². The summed E-state index contributed by atoms with van der Waals surface area (Å²) in [7, 11) is 0. The number of aliphatic hydroxyl groups is 1. The molecule has 1 heteroatoms. The topological polar surface area (TPSA) is 20.2 Å². The Balaban J connectivity index is 2.35. The molecular weight excluding hydrogens is 112 g/mol. The van der Waals surface area contributed by atoms with Crippen LogP contribution in [0.4, 0.5) is 0 Å². The highest BCUT2D eigenvalue weighted by atomic mass is 16.3. The van der Waals surface area contributed by atoms with Gasteiger partial charge >= 0.3 is 0 Å². The Kier molecular flexibility index (Phi) is 2.12. The molecule has 1 aliphatic rings. The van der Waals surface area contributed by atoms with Crippen LogP contribution in [0.25, 0.3) is 0 Å². The van der Waals surface area contributed by atoms with Crippen LogP contribution in [0.1, 0.15) is 33.1 Å². The highest BCUT2D eigenvalue weighted by Crippen LogP contribution is 2.28. The highest BCUT2D eigenvalue weighted by Gasteiger charge is 2.22. The van der Waals surface area contributed by atoms with E-state index in [1.54, 1.807) is 0 Å². The lowest BCUT2D eigenvalue weighted by Gasteiger charge is -2.28. The van der Waals surface area contributed by atoms with E-state index in [-0.39, 0.29) is 6.10 Å². The average molecular weight is 128 g/mol. The van der Waals surface area contributed by atoms with Crippen molar-refractivity contribution in [1.82, 2.24) is 0 Å². The Morgan fingerprint density at radius 2 is 1.78 bits per heavy atom. The van der Waals surface area contributed by atoms with E-state index in [0.717, 1.165) is 24.7 Å². The van der Waals surface area contributed by atoms with Gasteiger partial charge in [0.05, 0.1) is 6.10 Å². The van der Waals surface area contributed by atoms with Gasteiger partial charge in [0.2, 0.25) is 0 Å². The zero-order valence-electron chi connectivity index (χ0n) is 6.30. The lowest BCUT2D eigenvalue weighted by atomic mass is 9.80.